The van der Waals surface area contributed by atoms with Gasteiger partial charge in [-0.05, 0) is 40.5 Å². The molecule has 0 radical (unpaired) electrons. The van der Waals surface area contributed by atoms with E-state index in [0.29, 0.717) is 15.7 Å². The van der Waals surface area contributed by atoms with E-state index in [9.17, 15) is 19.5 Å². The molecule has 8 nitrogen and oxygen atoms in total. The van der Waals surface area contributed by atoms with E-state index < -0.39 is 17.8 Å². The normalized spacial score (nSPS) is 14.1. The van der Waals surface area contributed by atoms with Crippen molar-refractivity contribution in [1.82, 2.24) is 4.90 Å². The van der Waals surface area contributed by atoms with Gasteiger partial charge in [-0.3, -0.25) is 4.79 Å². The molecule has 0 atom stereocenters. The molecule has 1 heterocycles. The maximum atomic E-state index is 12.5. The van der Waals surface area contributed by atoms with Crippen LogP contribution in [0.5, 0.6) is 0 Å². The summed E-state index contributed by atoms with van der Waals surface area (Å²) in [7, 11) is 1.21. The summed E-state index contributed by atoms with van der Waals surface area (Å²) in [5.41, 5.74) is 1.23. The Balaban J connectivity index is 2.45. The number of methoxy groups -OCH3 is 1. The van der Waals surface area contributed by atoms with Crippen LogP contribution in [0.15, 0.2) is 27.9 Å². The van der Waals surface area contributed by atoms with Gasteiger partial charge in [0.15, 0.2) is 0 Å². The molecule has 0 fully saturated rings. The van der Waals surface area contributed by atoms with E-state index in [1.807, 2.05) is 0 Å². The first-order valence-electron chi connectivity index (χ1n) is 7.32. The molecular formula is C16H17BrN2O6. The molecule has 0 saturated carbocycles. The summed E-state index contributed by atoms with van der Waals surface area (Å²) < 4.78 is 5.12. The summed E-state index contributed by atoms with van der Waals surface area (Å²) in [5.74, 6) is -2.25. The lowest BCUT2D eigenvalue weighted by atomic mass is 10.1. The molecule has 134 valence electrons. The number of aromatic carboxylic acids is 1. The van der Waals surface area contributed by atoms with Gasteiger partial charge in [0.25, 0.3) is 5.91 Å². The first kappa shape index (κ1) is 18.9. The molecule has 1 aliphatic heterocycles. The number of amides is 1. The van der Waals surface area contributed by atoms with Crippen molar-refractivity contribution < 1.29 is 29.3 Å². The number of rotatable bonds is 6. The van der Waals surface area contributed by atoms with Crippen molar-refractivity contribution in [2.75, 3.05) is 32.1 Å². The molecule has 1 amide bonds. The smallest absolute Gasteiger partial charge is 0.337 e. The second kappa shape index (κ2) is 7.66. The van der Waals surface area contributed by atoms with Crippen LogP contribution in [0.1, 0.15) is 15.9 Å². The van der Waals surface area contributed by atoms with E-state index in [2.05, 4.69) is 21.2 Å². The molecule has 2 rings (SSSR count). The molecule has 0 saturated heterocycles. The van der Waals surface area contributed by atoms with E-state index in [4.69, 9.17) is 9.84 Å². The number of aliphatic hydroxyl groups is 1. The highest BCUT2D eigenvalue weighted by atomic mass is 79.9. The van der Waals surface area contributed by atoms with Gasteiger partial charge in [0.05, 0.1) is 31.4 Å². The monoisotopic (exact) mass is 412 g/mol. The highest BCUT2D eigenvalue weighted by Crippen LogP contribution is 2.29. The number of anilines is 1. The van der Waals surface area contributed by atoms with Crippen LogP contribution in [0.2, 0.25) is 0 Å². The predicted octanol–water partition coefficient (Wildman–Crippen LogP) is 1.13. The second-order valence-electron chi connectivity index (χ2n) is 5.37. The lowest BCUT2D eigenvalue weighted by Crippen LogP contribution is -2.31. The number of esters is 1. The number of halogens is 1. The maximum absolute atomic E-state index is 12.5. The summed E-state index contributed by atoms with van der Waals surface area (Å²) >= 11 is 3.19. The van der Waals surface area contributed by atoms with Gasteiger partial charge in [-0.2, -0.15) is 0 Å². The Morgan fingerprint density at radius 3 is 2.64 bits per heavy atom. The van der Waals surface area contributed by atoms with Gasteiger partial charge in [-0.15, -0.1) is 0 Å². The second-order valence-corrected chi connectivity index (χ2v) is 6.23. The average Bonchev–Trinajstić information content (AvgIpc) is 2.86. The van der Waals surface area contributed by atoms with Crippen LogP contribution in [0.4, 0.5) is 5.69 Å². The van der Waals surface area contributed by atoms with Gasteiger partial charge in [-0.1, -0.05) is 0 Å². The molecule has 1 aromatic carbocycles. The maximum Gasteiger partial charge on any atom is 0.337 e. The number of β-amino-alcohol motifs (C(OH)–C–C–N with tert-alkyl or cyclic N) is 1. The number of benzene rings is 1. The molecule has 0 bridgehead atoms. The fourth-order valence-electron chi connectivity index (χ4n) is 2.45. The third-order valence-corrected chi connectivity index (χ3v) is 4.41. The summed E-state index contributed by atoms with van der Waals surface area (Å²) in [4.78, 5) is 37.1. The highest BCUT2D eigenvalue weighted by Gasteiger charge is 2.34. The SMILES string of the molecule is COC(=O)C1=C(Nc2cc(C(=O)O)c(Br)cc2C)C(=O)N(CCO)C1. The molecule has 3 N–H and O–H groups in total. The number of ether oxygens (including phenoxy) is 1. The molecule has 0 aromatic heterocycles. The molecular weight excluding hydrogens is 396 g/mol. The molecule has 1 aliphatic rings. The van der Waals surface area contributed by atoms with E-state index >= 15 is 0 Å². The summed E-state index contributed by atoms with van der Waals surface area (Å²) in [6.07, 6.45) is 0. The number of nitrogens with zero attached hydrogens (tertiary/aromatic N) is 1. The lowest BCUT2D eigenvalue weighted by molar-refractivity contribution is -0.136. The van der Waals surface area contributed by atoms with Crippen molar-refractivity contribution in [3.8, 4) is 0 Å². The summed E-state index contributed by atoms with van der Waals surface area (Å²) in [6, 6.07) is 2.99. The number of carbonyl (C=O) groups is 3. The zero-order chi connectivity index (χ0) is 18.7. The highest BCUT2D eigenvalue weighted by molar-refractivity contribution is 9.10. The van der Waals surface area contributed by atoms with Gasteiger partial charge in [-0.25, -0.2) is 9.59 Å². The lowest BCUT2D eigenvalue weighted by Gasteiger charge is -2.16. The number of carboxylic acids is 1. The van der Waals surface area contributed by atoms with Crippen LogP contribution in [0, 0.1) is 6.92 Å². The number of hydrogen-bond acceptors (Lipinski definition) is 6. The minimum Gasteiger partial charge on any atom is -0.478 e. The van der Waals surface area contributed by atoms with Crippen molar-refractivity contribution in [3.05, 3.63) is 39.0 Å². The standard InChI is InChI=1S/C16H17BrN2O6/c1-8-5-11(17)9(15(22)23)6-12(8)18-13-10(16(24)25-2)7-19(3-4-20)14(13)21/h5-6,18,20H,3-4,7H2,1-2H3,(H,22,23). The minimum absolute atomic E-state index is 0.00969. The van der Waals surface area contributed by atoms with Crippen LogP contribution in [-0.4, -0.2) is 59.8 Å². The number of nitrogens with one attached hydrogen (secondary N) is 1. The first-order chi connectivity index (χ1) is 11.8. The van der Waals surface area contributed by atoms with Crippen LogP contribution < -0.4 is 5.32 Å². The third-order valence-electron chi connectivity index (χ3n) is 3.76. The van der Waals surface area contributed by atoms with E-state index in [1.165, 1.54) is 18.1 Å². The molecule has 9 heteroatoms. The van der Waals surface area contributed by atoms with Crippen molar-refractivity contribution in [1.29, 1.82) is 0 Å². The van der Waals surface area contributed by atoms with Gasteiger partial charge in [0.1, 0.15) is 5.70 Å². The Kier molecular flexibility index (Phi) is 5.81. The number of aliphatic hydroxyl groups excluding tert-OH is 1. The first-order valence-corrected chi connectivity index (χ1v) is 8.11. The van der Waals surface area contributed by atoms with E-state index in [-0.39, 0.29) is 36.5 Å². The number of hydrogen-bond donors (Lipinski definition) is 3. The average molecular weight is 413 g/mol. The molecule has 0 aliphatic carbocycles. The van der Waals surface area contributed by atoms with Crippen molar-refractivity contribution in [3.63, 3.8) is 0 Å². The quantitative estimate of drug-likeness (QED) is 0.599. The number of aryl methyl sites for hydroxylation is 1. The largest absolute Gasteiger partial charge is 0.478 e. The molecule has 0 spiro atoms. The van der Waals surface area contributed by atoms with Gasteiger partial charge >= 0.3 is 11.9 Å². The van der Waals surface area contributed by atoms with Crippen LogP contribution in [-0.2, 0) is 14.3 Å². The van der Waals surface area contributed by atoms with Crippen molar-refractivity contribution in [2.45, 2.75) is 6.92 Å². The van der Waals surface area contributed by atoms with Gasteiger partial charge in [0.2, 0.25) is 0 Å². The van der Waals surface area contributed by atoms with E-state index in [0.717, 1.165) is 0 Å². The topological polar surface area (TPSA) is 116 Å². The zero-order valence-electron chi connectivity index (χ0n) is 13.6. The van der Waals surface area contributed by atoms with Crippen molar-refractivity contribution in [2.24, 2.45) is 0 Å². The Labute approximate surface area is 152 Å². The zero-order valence-corrected chi connectivity index (χ0v) is 15.2. The number of carboxylic acid groups (broad SMARTS) is 1. The fraction of sp³-hybridized carbons (Fsp3) is 0.312. The Bertz CT molecular complexity index is 774. The predicted molar refractivity (Wildman–Crippen MR) is 92.2 cm³/mol. The summed E-state index contributed by atoms with van der Waals surface area (Å²) in [5, 5.41) is 21.1. The number of carbonyl (C=O) groups excluding carboxylic acids is 2. The van der Waals surface area contributed by atoms with Crippen LogP contribution >= 0.6 is 15.9 Å². The minimum atomic E-state index is -1.13. The Hall–Kier alpha value is -2.39. The van der Waals surface area contributed by atoms with E-state index in [1.54, 1.807) is 13.0 Å². The van der Waals surface area contributed by atoms with Gasteiger partial charge in [0, 0.05) is 16.7 Å². The molecule has 1 aromatic rings. The molecule has 0 unspecified atom stereocenters. The summed E-state index contributed by atoms with van der Waals surface area (Å²) in [6.45, 7) is 1.58. The van der Waals surface area contributed by atoms with Crippen LogP contribution in [0.3, 0.4) is 0 Å². The Morgan fingerprint density at radius 1 is 1.40 bits per heavy atom. The molecule has 25 heavy (non-hydrogen) atoms. The van der Waals surface area contributed by atoms with Crippen LogP contribution in [0.25, 0.3) is 0 Å². The van der Waals surface area contributed by atoms with Crippen molar-refractivity contribution >= 4 is 39.5 Å². The third kappa shape index (κ3) is 3.83. The fourth-order valence-corrected chi connectivity index (χ4v) is 3.08. The Morgan fingerprint density at radius 2 is 2.08 bits per heavy atom. The van der Waals surface area contributed by atoms with Gasteiger partial charge < -0.3 is 25.2 Å².